The number of benzene rings is 2. The van der Waals surface area contributed by atoms with E-state index in [2.05, 4.69) is 0 Å². The first kappa shape index (κ1) is 17.2. The molecule has 1 N–H and O–H groups in total. The second-order valence-electron chi connectivity index (χ2n) is 5.14. The maximum atomic E-state index is 10.5. The molecule has 0 amide bonds. The van der Waals surface area contributed by atoms with E-state index in [4.69, 9.17) is 21.1 Å². The zero-order valence-electron chi connectivity index (χ0n) is 13.6. The van der Waals surface area contributed by atoms with E-state index in [0.29, 0.717) is 22.9 Å². The topological polar surface area (TPSA) is 38.7 Å². The van der Waals surface area contributed by atoms with Gasteiger partial charge in [0.1, 0.15) is 5.76 Å². The highest BCUT2D eigenvalue weighted by molar-refractivity contribution is 6.30. The van der Waals surface area contributed by atoms with Gasteiger partial charge < -0.3 is 14.6 Å². The lowest BCUT2D eigenvalue weighted by Crippen LogP contribution is -1.98. The second kappa shape index (κ2) is 7.93. The molecule has 0 aromatic heterocycles. The van der Waals surface area contributed by atoms with Crippen LogP contribution in [-0.4, -0.2) is 19.3 Å². The van der Waals surface area contributed by atoms with Crippen LogP contribution in [0.15, 0.2) is 42.5 Å². The minimum Gasteiger partial charge on any atom is -0.508 e. The fraction of sp³-hybridized carbons (Fsp3) is 0.263. The molecule has 0 atom stereocenters. The molecular weight excluding hydrogens is 312 g/mol. The van der Waals surface area contributed by atoms with E-state index in [1.54, 1.807) is 20.3 Å². The summed E-state index contributed by atoms with van der Waals surface area (Å²) in [6, 6.07) is 11.3. The fourth-order valence-electron chi connectivity index (χ4n) is 2.40. The van der Waals surface area contributed by atoms with Gasteiger partial charge in [-0.1, -0.05) is 30.7 Å². The molecule has 0 spiro atoms. The number of hydrogen-bond acceptors (Lipinski definition) is 3. The molecule has 2 rings (SSSR count). The van der Waals surface area contributed by atoms with Crippen molar-refractivity contribution in [2.24, 2.45) is 0 Å². The molecule has 0 fully saturated rings. The summed E-state index contributed by atoms with van der Waals surface area (Å²) in [5.74, 6) is 1.50. The van der Waals surface area contributed by atoms with Crippen molar-refractivity contribution in [3.8, 4) is 11.5 Å². The van der Waals surface area contributed by atoms with Crippen LogP contribution >= 0.6 is 11.6 Å². The van der Waals surface area contributed by atoms with E-state index in [-0.39, 0.29) is 5.76 Å². The summed E-state index contributed by atoms with van der Waals surface area (Å²) >= 11 is 5.88. The fourth-order valence-corrected chi connectivity index (χ4v) is 2.52. The number of aryl methyl sites for hydroxylation is 1. The molecule has 0 radical (unpaired) electrons. The molecule has 0 aliphatic heterocycles. The first-order valence-corrected chi connectivity index (χ1v) is 7.85. The summed E-state index contributed by atoms with van der Waals surface area (Å²) in [6.45, 7) is 2.04. The Kier molecular flexibility index (Phi) is 5.94. The molecule has 0 heterocycles. The van der Waals surface area contributed by atoms with Gasteiger partial charge in [0.25, 0.3) is 0 Å². The molecule has 0 bridgehead atoms. The average Bonchev–Trinajstić information content (AvgIpc) is 2.59. The van der Waals surface area contributed by atoms with Gasteiger partial charge in [-0.2, -0.15) is 0 Å². The molecule has 4 heteroatoms. The second-order valence-corrected chi connectivity index (χ2v) is 5.57. The van der Waals surface area contributed by atoms with Crippen molar-refractivity contribution in [2.45, 2.75) is 19.8 Å². The first-order valence-electron chi connectivity index (χ1n) is 7.47. The van der Waals surface area contributed by atoms with Crippen molar-refractivity contribution in [1.29, 1.82) is 0 Å². The maximum absolute atomic E-state index is 10.5. The molecule has 23 heavy (non-hydrogen) atoms. The highest BCUT2D eigenvalue weighted by Crippen LogP contribution is 2.33. The van der Waals surface area contributed by atoms with Gasteiger partial charge in [0, 0.05) is 10.6 Å². The molecule has 0 unspecified atom stereocenters. The van der Waals surface area contributed by atoms with Gasteiger partial charge in [0.05, 0.1) is 14.2 Å². The third kappa shape index (κ3) is 4.20. The summed E-state index contributed by atoms with van der Waals surface area (Å²) in [6.07, 6.45) is 3.21. The van der Waals surface area contributed by atoms with Gasteiger partial charge in [-0.3, -0.25) is 0 Å². The van der Waals surface area contributed by atoms with Crippen LogP contribution in [-0.2, 0) is 12.8 Å². The van der Waals surface area contributed by atoms with Crippen LogP contribution in [0.4, 0.5) is 0 Å². The lowest BCUT2D eigenvalue weighted by molar-refractivity contribution is 0.354. The molecule has 2 aromatic carbocycles. The summed E-state index contributed by atoms with van der Waals surface area (Å²) < 4.78 is 10.6. The Morgan fingerprint density at radius 2 is 1.70 bits per heavy atom. The molecule has 0 aliphatic carbocycles. The van der Waals surface area contributed by atoms with Crippen molar-refractivity contribution in [2.75, 3.05) is 14.2 Å². The molecule has 0 saturated heterocycles. The number of ether oxygens (including phenoxy) is 2. The van der Waals surface area contributed by atoms with E-state index in [1.807, 2.05) is 43.3 Å². The zero-order chi connectivity index (χ0) is 16.8. The van der Waals surface area contributed by atoms with Crippen molar-refractivity contribution < 1.29 is 14.6 Å². The number of hydrogen-bond donors (Lipinski definition) is 1. The molecule has 0 saturated carbocycles. The third-order valence-electron chi connectivity index (χ3n) is 3.71. The minimum atomic E-state index is 0.234. The van der Waals surface area contributed by atoms with E-state index in [0.717, 1.165) is 23.1 Å². The normalized spacial score (nSPS) is 11.4. The SMILES string of the molecule is CCc1cc(OC)c(OC)cc1/C(O)=C/Cc1ccc(Cl)cc1. The largest absolute Gasteiger partial charge is 0.508 e. The third-order valence-corrected chi connectivity index (χ3v) is 3.96. The number of halogens is 1. The molecule has 3 nitrogen and oxygen atoms in total. The van der Waals surface area contributed by atoms with Crippen LogP contribution in [0.1, 0.15) is 23.6 Å². The highest BCUT2D eigenvalue weighted by Gasteiger charge is 2.12. The molecule has 122 valence electrons. The molecule has 0 aliphatic rings. The summed E-state index contributed by atoms with van der Waals surface area (Å²) in [5, 5.41) is 11.2. The number of aliphatic hydroxyl groups excluding tert-OH is 1. The van der Waals surface area contributed by atoms with E-state index in [9.17, 15) is 5.11 Å². The summed E-state index contributed by atoms with van der Waals surface area (Å²) in [5.41, 5.74) is 2.85. The maximum Gasteiger partial charge on any atom is 0.161 e. The van der Waals surface area contributed by atoms with Crippen molar-refractivity contribution in [1.82, 2.24) is 0 Å². The zero-order valence-corrected chi connectivity index (χ0v) is 14.4. The minimum absolute atomic E-state index is 0.234. The predicted octanol–water partition coefficient (Wildman–Crippen LogP) is 5.06. The quantitative estimate of drug-likeness (QED) is 0.751. The van der Waals surface area contributed by atoms with Crippen LogP contribution in [0.25, 0.3) is 5.76 Å². The Hall–Kier alpha value is -2.13. The number of aliphatic hydroxyl groups is 1. The van der Waals surface area contributed by atoms with Gasteiger partial charge in [-0.15, -0.1) is 0 Å². The predicted molar refractivity (Wildman–Crippen MR) is 94.7 cm³/mol. The Balaban J connectivity index is 2.31. The van der Waals surface area contributed by atoms with E-state index >= 15 is 0 Å². The number of allylic oxidation sites excluding steroid dienone is 1. The van der Waals surface area contributed by atoms with Gasteiger partial charge in [-0.05, 0) is 54.3 Å². The van der Waals surface area contributed by atoms with Crippen LogP contribution in [0.3, 0.4) is 0 Å². The van der Waals surface area contributed by atoms with Gasteiger partial charge in [0.15, 0.2) is 11.5 Å². The summed E-state index contributed by atoms with van der Waals surface area (Å²) in [7, 11) is 3.19. The molecule has 2 aromatic rings. The van der Waals surface area contributed by atoms with Crippen LogP contribution < -0.4 is 9.47 Å². The van der Waals surface area contributed by atoms with Crippen LogP contribution in [0.2, 0.25) is 5.02 Å². The summed E-state index contributed by atoms with van der Waals surface area (Å²) in [4.78, 5) is 0. The standard InChI is InChI=1S/C19H21ClO3/c1-4-14-11-18(22-2)19(23-3)12-16(14)17(21)10-7-13-5-8-15(20)9-6-13/h5-6,8-12,21H,4,7H2,1-3H3/b17-10-. The van der Waals surface area contributed by atoms with Crippen LogP contribution in [0, 0.1) is 0 Å². The number of rotatable bonds is 6. The van der Waals surface area contributed by atoms with Gasteiger partial charge in [0.2, 0.25) is 0 Å². The van der Waals surface area contributed by atoms with Gasteiger partial charge >= 0.3 is 0 Å². The van der Waals surface area contributed by atoms with Crippen LogP contribution in [0.5, 0.6) is 11.5 Å². The van der Waals surface area contributed by atoms with Crippen molar-refractivity contribution >= 4 is 17.4 Å². The Bertz CT molecular complexity index is 691. The monoisotopic (exact) mass is 332 g/mol. The Labute approximate surface area is 142 Å². The first-order chi connectivity index (χ1) is 11.1. The van der Waals surface area contributed by atoms with Gasteiger partial charge in [-0.25, -0.2) is 0 Å². The van der Waals surface area contributed by atoms with Crippen molar-refractivity contribution in [3.63, 3.8) is 0 Å². The lowest BCUT2D eigenvalue weighted by atomic mass is 10.0. The number of methoxy groups -OCH3 is 2. The average molecular weight is 333 g/mol. The molecular formula is C19H21ClO3. The van der Waals surface area contributed by atoms with E-state index < -0.39 is 0 Å². The Morgan fingerprint density at radius 1 is 1.09 bits per heavy atom. The Morgan fingerprint density at radius 3 is 2.26 bits per heavy atom. The highest BCUT2D eigenvalue weighted by atomic mass is 35.5. The lowest BCUT2D eigenvalue weighted by Gasteiger charge is -2.14. The van der Waals surface area contributed by atoms with Crippen molar-refractivity contribution in [3.05, 3.63) is 64.2 Å². The smallest absolute Gasteiger partial charge is 0.161 e. The van der Waals surface area contributed by atoms with E-state index in [1.165, 1.54) is 0 Å².